The monoisotopic (exact) mass is 264 g/mol. The zero-order chi connectivity index (χ0) is 13.8. The average Bonchev–Trinajstić information content (AvgIpc) is 2.42. The van der Waals surface area contributed by atoms with Crippen LogP contribution in [0.1, 0.15) is 35.2 Å². The van der Waals surface area contributed by atoms with Gasteiger partial charge in [0.05, 0.1) is 0 Å². The molecule has 2 rings (SSSR count). The van der Waals surface area contributed by atoms with Crippen molar-refractivity contribution in [3.05, 3.63) is 35.1 Å². The van der Waals surface area contributed by atoms with E-state index in [-0.39, 0.29) is 11.7 Å². The molecule has 1 fully saturated rings. The normalized spacial score (nSPS) is 16.7. The van der Waals surface area contributed by atoms with Crippen LogP contribution in [-0.2, 0) is 0 Å². The molecule has 0 atom stereocenters. The smallest absolute Gasteiger partial charge is 0.253 e. The third-order valence-corrected chi connectivity index (χ3v) is 3.88. The Hall–Kier alpha value is -1.42. The SMILES string of the molecule is Cc1cc(C(=O)N2CCC(CCN)CC2)ccc1F. The second-order valence-corrected chi connectivity index (χ2v) is 5.28. The number of nitrogens with zero attached hydrogens (tertiary/aromatic N) is 1. The van der Waals surface area contributed by atoms with Crippen LogP contribution in [0, 0.1) is 18.7 Å². The molecule has 0 aromatic heterocycles. The number of hydrogen-bond donors (Lipinski definition) is 1. The summed E-state index contributed by atoms with van der Waals surface area (Å²) < 4.78 is 13.2. The molecule has 0 aliphatic carbocycles. The Morgan fingerprint density at radius 3 is 2.68 bits per heavy atom. The Kier molecular flexibility index (Phi) is 4.53. The fourth-order valence-corrected chi connectivity index (χ4v) is 2.62. The van der Waals surface area contributed by atoms with E-state index in [1.165, 1.54) is 6.07 Å². The fraction of sp³-hybridized carbons (Fsp3) is 0.533. The minimum absolute atomic E-state index is 0.00861. The summed E-state index contributed by atoms with van der Waals surface area (Å²) in [5.74, 6) is 0.386. The van der Waals surface area contributed by atoms with Crippen molar-refractivity contribution in [3.8, 4) is 0 Å². The molecule has 3 nitrogen and oxygen atoms in total. The van der Waals surface area contributed by atoms with Gasteiger partial charge in [-0.3, -0.25) is 4.79 Å². The van der Waals surface area contributed by atoms with Crippen LogP contribution in [0.25, 0.3) is 0 Å². The van der Waals surface area contributed by atoms with Gasteiger partial charge in [-0.25, -0.2) is 4.39 Å². The van der Waals surface area contributed by atoms with Gasteiger partial charge in [-0.15, -0.1) is 0 Å². The second kappa shape index (κ2) is 6.15. The van der Waals surface area contributed by atoms with Crippen molar-refractivity contribution >= 4 is 5.91 Å². The molecule has 1 amide bonds. The van der Waals surface area contributed by atoms with E-state index in [4.69, 9.17) is 5.73 Å². The first-order valence-electron chi connectivity index (χ1n) is 6.87. The molecule has 1 aliphatic heterocycles. The summed E-state index contributed by atoms with van der Waals surface area (Å²) in [5, 5.41) is 0. The van der Waals surface area contributed by atoms with Gasteiger partial charge in [0.15, 0.2) is 0 Å². The lowest BCUT2D eigenvalue weighted by molar-refractivity contribution is 0.0688. The number of halogens is 1. The van der Waals surface area contributed by atoms with Crippen molar-refractivity contribution in [1.29, 1.82) is 0 Å². The van der Waals surface area contributed by atoms with Crippen molar-refractivity contribution in [3.63, 3.8) is 0 Å². The summed E-state index contributed by atoms with van der Waals surface area (Å²) in [6, 6.07) is 4.56. The minimum atomic E-state index is -0.266. The largest absolute Gasteiger partial charge is 0.339 e. The van der Waals surface area contributed by atoms with E-state index >= 15 is 0 Å². The number of carbonyl (C=O) groups is 1. The third kappa shape index (κ3) is 3.32. The first-order chi connectivity index (χ1) is 9.11. The maximum atomic E-state index is 13.2. The van der Waals surface area contributed by atoms with Gasteiger partial charge in [-0.2, -0.15) is 0 Å². The van der Waals surface area contributed by atoms with Crippen LogP contribution in [0.15, 0.2) is 18.2 Å². The topological polar surface area (TPSA) is 46.3 Å². The molecule has 4 heteroatoms. The molecule has 0 radical (unpaired) electrons. The van der Waals surface area contributed by atoms with Crippen molar-refractivity contribution in [2.45, 2.75) is 26.2 Å². The molecule has 1 heterocycles. The number of likely N-dealkylation sites (tertiary alicyclic amines) is 1. The predicted octanol–water partition coefficient (Wildman–Crippen LogP) is 2.34. The summed E-state index contributed by atoms with van der Waals surface area (Å²) >= 11 is 0. The van der Waals surface area contributed by atoms with Gasteiger partial charge in [-0.05, 0) is 62.4 Å². The van der Waals surface area contributed by atoms with Crippen LogP contribution in [0.5, 0.6) is 0 Å². The van der Waals surface area contributed by atoms with E-state index < -0.39 is 0 Å². The molecule has 2 N–H and O–H groups in total. The van der Waals surface area contributed by atoms with Gasteiger partial charge in [0.1, 0.15) is 5.82 Å². The highest BCUT2D eigenvalue weighted by atomic mass is 19.1. The molecule has 0 bridgehead atoms. The zero-order valence-corrected chi connectivity index (χ0v) is 11.4. The molecule has 1 aromatic carbocycles. The van der Waals surface area contributed by atoms with Crippen LogP contribution >= 0.6 is 0 Å². The summed E-state index contributed by atoms with van der Waals surface area (Å²) in [6.07, 6.45) is 3.07. The van der Waals surface area contributed by atoms with Crippen molar-refractivity contribution in [1.82, 2.24) is 4.90 Å². The molecule has 1 saturated heterocycles. The molecule has 1 aliphatic rings. The number of amides is 1. The van der Waals surface area contributed by atoms with Gasteiger partial charge in [0, 0.05) is 18.7 Å². The van der Waals surface area contributed by atoms with Gasteiger partial charge in [0.2, 0.25) is 0 Å². The highest BCUT2D eigenvalue weighted by molar-refractivity contribution is 5.94. The number of nitrogens with two attached hydrogens (primary N) is 1. The van der Waals surface area contributed by atoms with Crippen LogP contribution < -0.4 is 5.73 Å². The van der Waals surface area contributed by atoms with Gasteiger partial charge < -0.3 is 10.6 Å². The lowest BCUT2D eigenvalue weighted by Gasteiger charge is -2.32. The standard InChI is InChI=1S/C15H21FN2O/c1-11-10-13(2-3-14(11)16)15(19)18-8-5-12(4-7-17)6-9-18/h2-3,10,12H,4-9,17H2,1H3. The van der Waals surface area contributed by atoms with E-state index in [2.05, 4.69) is 0 Å². The molecule has 1 aromatic rings. The summed E-state index contributed by atoms with van der Waals surface area (Å²) in [6.45, 7) is 3.95. The van der Waals surface area contributed by atoms with Crippen molar-refractivity contribution in [2.24, 2.45) is 11.7 Å². The van der Waals surface area contributed by atoms with Crippen molar-refractivity contribution < 1.29 is 9.18 Å². The molecule has 104 valence electrons. The van der Waals surface area contributed by atoms with Crippen LogP contribution in [0.2, 0.25) is 0 Å². The maximum absolute atomic E-state index is 13.2. The first kappa shape index (κ1) is 14.0. The Morgan fingerprint density at radius 1 is 1.42 bits per heavy atom. The van der Waals surface area contributed by atoms with Gasteiger partial charge in [0.25, 0.3) is 5.91 Å². The second-order valence-electron chi connectivity index (χ2n) is 5.28. The fourth-order valence-electron chi connectivity index (χ4n) is 2.62. The van der Waals surface area contributed by atoms with E-state index in [0.717, 1.165) is 38.9 Å². The van der Waals surface area contributed by atoms with Crippen LogP contribution in [0.3, 0.4) is 0 Å². The number of carbonyl (C=O) groups excluding carboxylic acids is 1. The number of rotatable bonds is 3. The Bertz CT molecular complexity index is 453. The first-order valence-corrected chi connectivity index (χ1v) is 6.87. The lowest BCUT2D eigenvalue weighted by atomic mass is 9.93. The van der Waals surface area contributed by atoms with E-state index in [0.29, 0.717) is 17.0 Å². The molecular formula is C15H21FN2O. The molecule has 19 heavy (non-hydrogen) atoms. The average molecular weight is 264 g/mol. The predicted molar refractivity (Wildman–Crippen MR) is 73.4 cm³/mol. The number of benzene rings is 1. The lowest BCUT2D eigenvalue weighted by Crippen LogP contribution is -2.38. The van der Waals surface area contributed by atoms with Crippen molar-refractivity contribution in [2.75, 3.05) is 19.6 Å². The number of piperidine rings is 1. The van der Waals surface area contributed by atoms with E-state index in [9.17, 15) is 9.18 Å². The number of hydrogen-bond acceptors (Lipinski definition) is 2. The quantitative estimate of drug-likeness (QED) is 0.910. The highest BCUT2D eigenvalue weighted by Crippen LogP contribution is 2.21. The highest BCUT2D eigenvalue weighted by Gasteiger charge is 2.23. The van der Waals surface area contributed by atoms with Gasteiger partial charge in [-0.1, -0.05) is 0 Å². The zero-order valence-electron chi connectivity index (χ0n) is 11.4. The Labute approximate surface area is 113 Å². The summed E-state index contributed by atoms with van der Waals surface area (Å²) in [5.41, 5.74) is 6.66. The maximum Gasteiger partial charge on any atom is 0.253 e. The minimum Gasteiger partial charge on any atom is -0.339 e. The Balaban J connectivity index is 1.99. The van der Waals surface area contributed by atoms with E-state index in [1.807, 2.05) is 4.90 Å². The van der Waals surface area contributed by atoms with Crippen LogP contribution in [0.4, 0.5) is 4.39 Å². The van der Waals surface area contributed by atoms with Crippen LogP contribution in [-0.4, -0.2) is 30.4 Å². The Morgan fingerprint density at radius 2 is 2.11 bits per heavy atom. The van der Waals surface area contributed by atoms with Gasteiger partial charge >= 0.3 is 0 Å². The summed E-state index contributed by atoms with van der Waals surface area (Å²) in [4.78, 5) is 14.2. The number of aryl methyl sites for hydroxylation is 1. The molecule has 0 spiro atoms. The third-order valence-electron chi connectivity index (χ3n) is 3.88. The van der Waals surface area contributed by atoms with E-state index in [1.54, 1.807) is 19.1 Å². The molecular weight excluding hydrogens is 243 g/mol. The molecule has 0 saturated carbocycles. The molecule has 0 unspecified atom stereocenters. The summed E-state index contributed by atoms with van der Waals surface area (Å²) in [7, 11) is 0.